The molecule has 1 heterocycles. The Kier molecular flexibility index (Phi) is 11.5. The van der Waals surface area contributed by atoms with Crippen LogP contribution in [-0.2, 0) is 12.7 Å². The van der Waals surface area contributed by atoms with Gasteiger partial charge in [0.25, 0.3) is 0 Å². The fourth-order valence-corrected chi connectivity index (χ4v) is 3.96. The smallest absolute Gasteiger partial charge is 0.416 e. The highest BCUT2D eigenvalue weighted by Gasteiger charge is 2.30. The molecule has 232 valence electrons. The van der Waals surface area contributed by atoms with Gasteiger partial charge in [0.1, 0.15) is 23.9 Å². The van der Waals surface area contributed by atoms with E-state index in [1.807, 2.05) is 61.9 Å². The normalized spacial score (nSPS) is 10.8. The largest absolute Gasteiger partial charge is 0.487 e. The molecule has 44 heavy (non-hydrogen) atoms. The van der Waals surface area contributed by atoms with Crippen LogP contribution in [0.1, 0.15) is 51.3 Å². The summed E-state index contributed by atoms with van der Waals surface area (Å²) in [6, 6.07) is 17.4. The Balaban J connectivity index is 0.00000259. The highest BCUT2D eigenvalue weighted by Crippen LogP contribution is 2.32. The van der Waals surface area contributed by atoms with Gasteiger partial charge in [0.2, 0.25) is 0 Å². The molecule has 0 unspecified atom stereocenters. The van der Waals surface area contributed by atoms with E-state index in [1.165, 1.54) is 12.1 Å². The number of hydrogen-bond donors (Lipinski definition) is 0. The van der Waals surface area contributed by atoms with Crippen LogP contribution < -0.4 is 23.7 Å². The number of benzene rings is 3. The number of aromatic nitrogens is 1. The molecule has 0 aliphatic heterocycles. The van der Waals surface area contributed by atoms with E-state index in [0.717, 1.165) is 30.0 Å². The lowest BCUT2D eigenvalue weighted by atomic mass is 10.1. The molecule has 4 aromatic rings. The van der Waals surface area contributed by atoms with Crippen LogP contribution in [0.3, 0.4) is 0 Å². The van der Waals surface area contributed by atoms with Gasteiger partial charge in [-0.05, 0) is 85.6 Å². The summed E-state index contributed by atoms with van der Waals surface area (Å²) >= 11 is 0. The number of rotatable bonds is 9. The Labute approximate surface area is 255 Å². The molecule has 0 aliphatic rings. The van der Waals surface area contributed by atoms with E-state index in [4.69, 9.17) is 14.2 Å². The van der Waals surface area contributed by atoms with Gasteiger partial charge in [-0.25, -0.2) is 14.2 Å². The zero-order chi connectivity index (χ0) is 32.4. The van der Waals surface area contributed by atoms with Crippen molar-refractivity contribution in [2.75, 3.05) is 25.6 Å². The number of pyridine rings is 1. The molecule has 0 amide bonds. The van der Waals surface area contributed by atoms with Gasteiger partial charge in [-0.15, -0.1) is 0 Å². The van der Waals surface area contributed by atoms with E-state index in [1.54, 1.807) is 38.1 Å². The predicted molar refractivity (Wildman–Crippen MR) is 162 cm³/mol. The molecule has 3 aromatic carbocycles. The minimum Gasteiger partial charge on any atom is -0.487 e. The van der Waals surface area contributed by atoms with Crippen molar-refractivity contribution in [2.24, 2.45) is 0 Å². The van der Waals surface area contributed by atoms with Gasteiger partial charge in [0.15, 0.2) is 18.9 Å². The number of alkyl halides is 3. The topological polar surface area (TPSA) is 69.0 Å². The van der Waals surface area contributed by atoms with E-state index in [-0.39, 0.29) is 17.1 Å². The SMILES string of the molecule is CC.Cc1c(OC(=O)c2ccc(OCC[n+]3ccc(N(C)C)cc3)cc2)ccc(OC(=O)c2ccc(C(F)(F)F)cc2)c1C. The number of ether oxygens (including phenoxy) is 3. The highest BCUT2D eigenvalue weighted by molar-refractivity contribution is 5.92. The molecular formula is C34H36F3N2O5+. The number of anilines is 1. The minimum atomic E-state index is -4.50. The summed E-state index contributed by atoms with van der Waals surface area (Å²) in [5.41, 5.74) is 1.65. The Morgan fingerprint density at radius 2 is 1.18 bits per heavy atom. The summed E-state index contributed by atoms with van der Waals surface area (Å²) in [5.74, 6) is -0.285. The van der Waals surface area contributed by atoms with Crippen LogP contribution in [0.25, 0.3) is 0 Å². The lowest BCUT2D eigenvalue weighted by Gasteiger charge is -2.14. The van der Waals surface area contributed by atoms with Crippen molar-refractivity contribution in [3.63, 3.8) is 0 Å². The summed E-state index contributed by atoms with van der Waals surface area (Å²) in [5, 5.41) is 0. The molecule has 0 fully saturated rings. The minimum absolute atomic E-state index is 0.0274. The summed E-state index contributed by atoms with van der Waals surface area (Å²) in [7, 11) is 3.97. The fourth-order valence-electron chi connectivity index (χ4n) is 3.96. The average Bonchev–Trinajstić information content (AvgIpc) is 3.02. The molecule has 0 saturated carbocycles. The predicted octanol–water partition coefficient (Wildman–Crippen LogP) is 7.22. The lowest BCUT2D eigenvalue weighted by molar-refractivity contribution is -0.697. The molecule has 4 rings (SSSR count). The lowest BCUT2D eigenvalue weighted by Crippen LogP contribution is -2.35. The van der Waals surface area contributed by atoms with Crippen molar-refractivity contribution in [3.05, 3.63) is 113 Å². The number of carbonyl (C=O) groups is 2. The highest BCUT2D eigenvalue weighted by atomic mass is 19.4. The second kappa shape index (κ2) is 15.0. The first-order valence-corrected chi connectivity index (χ1v) is 14.0. The van der Waals surface area contributed by atoms with Crippen molar-refractivity contribution < 1.29 is 41.5 Å². The summed E-state index contributed by atoms with van der Waals surface area (Å²) in [6.45, 7) is 8.50. The number of esters is 2. The van der Waals surface area contributed by atoms with Crippen LogP contribution in [0.2, 0.25) is 0 Å². The molecule has 0 aliphatic carbocycles. The maximum atomic E-state index is 12.8. The quantitative estimate of drug-likeness (QED) is 0.113. The molecule has 0 atom stereocenters. The molecule has 10 heteroatoms. The van der Waals surface area contributed by atoms with Gasteiger partial charge in [0.05, 0.1) is 16.7 Å². The standard InChI is InChI=1S/C32H30F3N2O5.C2H6/c1-21-22(2)29(14-13-28(21)41-30(38)23-5-9-25(10-6-23)32(33,34)35)42-31(39)24-7-11-27(12-8-24)40-20-19-37-17-15-26(16-18-37)36(3)4;1-2/h5-18H,19-20H2,1-4H3;1-2H3/q+1;. The van der Waals surface area contributed by atoms with Gasteiger partial charge < -0.3 is 19.1 Å². The third kappa shape index (κ3) is 8.82. The Morgan fingerprint density at radius 1 is 0.727 bits per heavy atom. The summed E-state index contributed by atoms with van der Waals surface area (Å²) in [4.78, 5) is 27.3. The second-order valence-electron chi connectivity index (χ2n) is 9.73. The van der Waals surface area contributed by atoms with Crippen molar-refractivity contribution in [1.82, 2.24) is 0 Å². The van der Waals surface area contributed by atoms with Gasteiger partial charge in [-0.3, -0.25) is 0 Å². The van der Waals surface area contributed by atoms with Crippen LogP contribution in [0.15, 0.2) is 85.2 Å². The summed E-state index contributed by atoms with van der Waals surface area (Å²) < 4.78 is 57.1. The van der Waals surface area contributed by atoms with E-state index < -0.39 is 23.7 Å². The van der Waals surface area contributed by atoms with Crippen LogP contribution in [0, 0.1) is 13.8 Å². The zero-order valence-corrected chi connectivity index (χ0v) is 25.6. The number of carbonyl (C=O) groups excluding carboxylic acids is 2. The van der Waals surface area contributed by atoms with E-state index in [0.29, 0.717) is 35.6 Å². The molecule has 0 saturated heterocycles. The van der Waals surface area contributed by atoms with Gasteiger partial charge >= 0.3 is 18.1 Å². The maximum absolute atomic E-state index is 12.8. The molecule has 1 aromatic heterocycles. The van der Waals surface area contributed by atoms with Crippen molar-refractivity contribution >= 4 is 17.6 Å². The molecule has 0 N–H and O–H groups in total. The van der Waals surface area contributed by atoms with Crippen LogP contribution in [0.5, 0.6) is 17.2 Å². The molecule has 0 spiro atoms. The van der Waals surface area contributed by atoms with Gasteiger partial charge in [0, 0.05) is 31.9 Å². The number of nitrogens with zero attached hydrogens (tertiary/aromatic N) is 2. The van der Waals surface area contributed by atoms with Crippen LogP contribution in [0.4, 0.5) is 18.9 Å². The van der Waals surface area contributed by atoms with Crippen molar-refractivity contribution in [2.45, 2.75) is 40.4 Å². The maximum Gasteiger partial charge on any atom is 0.416 e. The first-order chi connectivity index (χ1) is 20.9. The Bertz CT molecular complexity index is 1550. The average molecular weight is 610 g/mol. The Morgan fingerprint density at radius 3 is 1.61 bits per heavy atom. The summed E-state index contributed by atoms with van der Waals surface area (Å²) in [6.07, 6.45) is -0.535. The van der Waals surface area contributed by atoms with E-state index >= 15 is 0 Å². The molecular weight excluding hydrogens is 573 g/mol. The molecule has 0 bridgehead atoms. The molecule has 0 radical (unpaired) electrons. The monoisotopic (exact) mass is 609 g/mol. The van der Waals surface area contributed by atoms with E-state index in [2.05, 4.69) is 0 Å². The third-order valence-electron chi connectivity index (χ3n) is 6.64. The zero-order valence-electron chi connectivity index (χ0n) is 25.6. The Hall–Kier alpha value is -4.86. The van der Waals surface area contributed by atoms with Gasteiger partial charge in [-0.1, -0.05) is 13.8 Å². The van der Waals surface area contributed by atoms with Gasteiger partial charge in [-0.2, -0.15) is 13.2 Å². The number of hydrogen-bond acceptors (Lipinski definition) is 6. The number of halogens is 3. The van der Waals surface area contributed by atoms with E-state index in [9.17, 15) is 22.8 Å². The van der Waals surface area contributed by atoms with Crippen LogP contribution >= 0.6 is 0 Å². The molecule has 7 nitrogen and oxygen atoms in total. The second-order valence-corrected chi connectivity index (χ2v) is 9.73. The van der Waals surface area contributed by atoms with Crippen molar-refractivity contribution in [3.8, 4) is 17.2 Å². The third-order valence-corrected chi connectivity index (χ3v) is 6.64. The fraction of sp³-hybridized carbons (Fsp3) is 0.265. The first-order valence-electron chi connectivity index (χ1n) is 14.0. The van der Waals surface area contributed by atoms with Crippen LogP contribution in [-0.4, -0.2) is 32.6 Å². The first kappa shape index (κ1) is 33.6. The van der Waals surface area contributed by atoms with Crippen molar-refractivity contribution in [1.29, 1.82) is 0 Å².